The van der Waals surface area contributed by atoms with Gasteiger partial charge >= 0.3 is 0 Å². The topological polar surface area (TPSA) is 42.0 Å². The summed E-state index contributed by atoms with van der Waals surface area (Å²) < 4.78 is 14.0. The number of halogens is 1. The number of amides is 1. The second-order valence-corrected chi connectivity index (χ2v) is 6.49. The van der Waals surface area contributed by atoms with Gasteiger partial charge in [-0.15, -0.1) is 11.3 Å². The van der Waals surface area contributed by atoms with Crippen LogP contribution in [0.15, 0.2) is 53.9 Å². The van der Waals surface area contributed by atoms with Crippen molar-refractivity contribution >= 4 is 17.2 Å². The third kappa shape index (κ3) is 3.86. The Morgan fingerprint density at radius 1 is 1.17 bits per heavy atom. The normalized spacial score (nSPS) is 10.6. The summed E-state index contributed by atoms with van der Waals surface area (Å²) in [5.74, 6) is -0.922. The van der Waals surface area contributed by atoms with Gasteiger partial charge in [-0.25, -0.2) is 9.37 Å². The number of hydrogen-bond acceptors (Lipinski definition) is 3. The van der Waals surface area contributed by atoms with E-state index in [0.29, 0.717) is 13.0 Å². The van der Waals surface area contributed by atoms with Gasteiger partial charge in [0.05, 0.1) is 16.3 Å². The maximum Gasteiger partial charge on any atom is 0.254 e. The van der Waals surface area contributed by atoms with Crippen molar-refractivity contribution in [1.82, 2.24) is 10.3 Å². The summed E-state index contributed by atoms with van der Waals surface area (Å²) in [6.45, 7) is 2.37. The van der Waals surface area contributed by atoms with E-state index in [1.165, 1.54) is 6.07 Å². The molecule has 0 bridgehead atoms. The lowest BCUT2D eigenvalue weighted by molar-refractivity contribution is 0.0950. The molecule has 1 heterocycles. The molecule has 3 rings (SSSR count). The first kappa shape index (κ1) is 16.3. The van der Waals surface area contributed by atoms with E-state index in [1.807, 2.05) is 42.6 Å². The molecule has 0 aliphatic heterocycles. The molecule has 0 aliphatic rings. The highest BCUT2D eigenvalue weighted by molar-refractivity contribution is 7.09. The molecule has 0 atom stereocenters. The van der Waals surface area contributed by atoms with Crippen molar-refractivity contribution in [2.75, 3.05) is 6.54 Å². The monoisotopic (exact) mass is 340 g/mol. The largest absolute Gasteiger partial charge is 0.352 e. The van der Waals surface area contributed by atoms with Gasteiger partial charge < -0.3 is 5.32 Å². The van der Waals surface area contributed by atoms with Gasteiger partial charge in [0, 0.05) is 18.3 Å². The zero-order valence-electron chi connectivity index (χ0n) is 13.3. The first-order valence-corrected chi connectivity index (χ1v) is 8.55. The summed E-state index contributed by atoms with van der Waals surface area (Å²) in [5.41, 5.74) is 2.77. The second kappa shape index (κ2) is 7.36. The molecule has 0 aliphatic carbocycles. The van der Waals surface area contributed by atoms with Gasteiger partial charge in [-0.05, 0) is 30.2 Å². The van der Waals surface area contributed by atoms with Gasteiger partial charge in [0.15, 0.2) is 0 Å². The van der Waals surface area contributed by atoms with E-state index in [0.717, 1.165) is 21.8 Å². The van der Waals surface area contributed by atoms with Crippen LogP contribution in [0.2, 0.25) is 0 Å². The highest BCUT2D eigenvalue weighted by Crippen LogP contribution is 2.22. The van der Waals surface area contributed by atoms with Gasteiger partial charge in [-0.2, -0.15) is 0 Å². The van der Waals surface area contributed by atoms with E-state index in [2.05, 4.69) is 10.3 Å². The molecular weight excluding hydrogens is 323 g/mol. The van der Waals surface area contributed by atoms with Crippen LogP contribution in [0.25, 0.3) is 11.1 Å². The Morgan fingerprint density at radius 2 is 1.96 bits per heavy atom. The molecule has 0 radical (unpaired) electrons. The minimum atomic E-state index is -0.517. The summed E-state index contributed by atoms with van der Waals surface area (Å²) in [7, 11) is 0. The van der Waals surface area contributed by atoms with E-state index in [1.54, 1.807) is 23.5 Å². The zero-order chi connectivity index (χ0) is 16.9. The predicted octanol–water partition coefficient (Wildman–Crippen LogP) is 4.23. The first-order chi connectivity index (χ1) is 11.6. The number of hydrogen-bond donors (Lipinski definition) is 1. The van der Waals surface area contributed by atoms with Crippen LogP contribution in [0, 0.1) is 12.7 Å². The third-order valence-electron chi connectivity index (χ3n) is 3.65. The van der Waals surface area contributed by atoms with Crippen LogP contribution in [0.1, 0.15) is 21.1 Å². The van der Waals surface area contributed by atoms with E-state index in [4.69, 9.17) is 0 Å². The molecule has 1 aromatic heterocycles. The second-order valence-electron chi connectivity index (χ2n) is 5.42. The number of benzene rings is 2. The molecule has 0 saturated heterocycles. The van der Waals surface area contributed by atoms with Crippen LogP contribution in [0.5, 0.6) is 0 Å². The number of thiazole rings is 1. The molecule has 122 valence electrons. The van der Waals surface area contributed by atoms with Crippen molar-refractivity contribution < 1.29 is 9.18 Å². The molecule has 3 aromatic rings. The fourth-order valence-electron chi connectivity index (χ4n) is 2.43. The minimum Gasteiger partial charge on any atom is -0.352 e. The van der Waals surface area contributed by atoms with Crippen molar-refractivity contribution in [3.63, 3.8) is 0 Å². The summed E-state index contributed by atoms with van der Waals surface area (Å²) in [4.78, 5) is 16.6. The molecule has 1 amide bonds. The third-order valence-corrected chi connectivity index (χ3v) is 4.47. The lowest BCUT2D eigenvalue weighted by Gasteiger charge is -2.08. The number of aryl methyl sites for hydroxylation is 1. The number of rotatable bonds is 5. The number of aromatic nitrogens is 1. The Morgan fingerprint density at radius 3 is 2.67 bits per heavy atom. The summed E-state index contributed by atoms with van der Waals surface area (Å²) in [6.07, 6.45) is 0.635. The Bertz CT molecular complexity index is 846. The van der Waals surface area contributed by atoms with Crippen LogP contribution >= 0.6 is 11.3 Å². The predicted molar refractivity (Wildman–Crippen MR) is 94.7 cm³/mol. The standard InChI is InChI=1S/C19H17FN2OS/c1-13-22-16(12-24-13)9-10-21-19(23)17-11-15(7-8-18(17)20)14-5-3-2-4-6-14/h2-8,11-12H,9-10H2,1H3,(H,21,23). The Kier molecular flexibility index (Phi) is 5.01. The quantitative estimate of drug-likeness (QED) is 0.755. The maximum atomic E-state index is 14.0. The van der Waals surface area contributed by atoms with Crippen LogP contribution < -0.4 is 5.32 Å². The average molecular weight is 340 g/mol. The van der Waals surface area contributed by atoms with Crippen LogP contribution in [-0.4, -0.2) is 17.4 Å². The molecule has 3 nitrogen and oxygen atoms in total. The lowest BCUT2D eigenvalue weighted by Crippen LogP contribution is -2.26. The van der Waals surface area contributed by atoms with Crippen LogP contribution in [0.4, 0.5) is 4.39 Å². The van der Waals surface area contributed by atoms with Crippen molar-refractivity contribution in [2.45, 2.75) is 13.3 Å². The van der Waals surface area contributed by atoms with E-state index in [-0.39, 0.29) is 5.56 Å². The van der Waals surface area contributed by atoms with Crippen molar-refractivity contribution in [2.24, 2.45) is 0 Å². The summed E-state index contributed by atoms with van der Waals surface area (Å²) in [6, 6.07) is 14.2. The van der Waals surface area contributed by atoms with Crippen LogP contribution in [0.3, 0.4) is 0 Å². The van der Waals surface area contributed by atoms with E-state index in [9.17, 15) is 9.18 Å². The minimum absolute atomic E-state index is 0.0609. The smallest absolute Gasteiger partial charge is 0.254 e. The zero-order valence-corrected chi connectivity index (χ0v) is 14.1. The molecular formula is C19H17FN2OS. The Balaban J connectivity index is 1.70. The molecule has 1 N–H and O–H groups in total. The molecule has 2 aromatic carbocycles. The van der Waals surface area contributed by atoms with E-state index < -0.39 is 11.7 Å². The molecule has 0 saturated carbocycles. The van der Waals surface area contributed by atoms with Crippen molar-refractivity contribution in [1.29, 1.82) is 0 Å². The number of carbonyl (C=O) groups is 1. The SMILES string of the molecule is Cc1nc(CCNC(=O)c2cc(-c3ccccc3)ccc2F)cs1. The van der Waals surface area contributed by atoms with Crippen molar-refractivity contribution in [3.8, 4) is 11.1 Å². The van der Waals surface area contributed by atoms with Crippen molar-refractivity contribution in [3.05, 3.63) is 76.0 Å². The lowest BCUT2D eigenvalue weighted by atomic mass is 10.0. The fourth-order valence-corrected chi connectivity index (χ4v) is 3.08. The maximum absolute atomic E-state index is 14.0. The molecule has 0 spiro atoms. The van der Waals surface area contributed by atoms with Gasteiger partial charge in [-0.1, -0.05) is 36.4 Å². The molecule has 24 heavy (non-hydrogen) atoms. The van der Waals surface area contributed by atoms with Gasteiger partial charge in [0.2, 0.25) is 0 Å². The van der Waals surface area contributed by atoms with Gasteiger partial charge in [-0.3, -0.25) is 4.79 Å². The molecule has 5 heteroatoms. The van der Waals surface area contributed by atoms with E-state index >= 15 is 0 Å². The highest BCUT2D eigenvalue weighted by atomic mass is 32.1. The summed E-state index contributed by atoms with van der Waals surface area (Å²) in [5, 5.41) is 5.73. The first-order valence-electron chi connectivity index (χ1n) is 7.67. The Labute approximate surface area is 144 Å². The Hall–Kier alpha value is -2.53. The average Bonchev–Trinajstić information content (AvgIpc) is 3.01. The van der Waals surface area contributed by atoms with Gasteiger partial charge in [0.25, 0.3) is 5.91 Å². The number of carbonyl (C=O) groups excluding carboxylic acids is 1. The summed E-state index contributed by atoms with van der Waals surface area (Å²) >= 11 is 1.58. The number of nitrogens with one attached hydrogen (secondary N) is 1. The highest BCUT2D eigenvalue weighted by Gasteiger charge is 2.13. The fraction of sp³-hybridized carbons (Fsp3) is 0.158. The van der Waals surface area contributed by atoms with Crippen LogP contribution in [-0.2, 0) is 6.42 Å². The molecule has 0 fully saturated rings. The number of nitrogens with zero attached hydrogens (tertiary/aromatic N) is 1. The molecule has 0 unspecified atom stereocenters. The van der Waals surface area contributed by atoms with Gasteiger partial charge in [0.1, 0.15) is 5.82 Å².